The lowest BCUT2D eigenvalue weighted by Crippen LogP contribution is -2.60. The summed E-state index contributed by atoms with van der Waals surface area (Å²) in [7, 11) is 0. The summed E-state index contributed by atoms with van der Waals surface area (Å²) in [5, 5.41) is 64.7. The number of hydrogen-bond donors (Lipinski definition) is 7. The molecule has 0 bridgehead atoms. The molecule has 1 saturated heterocycles. The van der Waals surface area contributed by atoms with E-state index in [-0.39, 0.29) is 6.61 Å². The summed E-state index contributed by atoms with van der Waals surface area (Å²) in [6.45, 7) is 3.61. The molecule has 1 aliphatic heterocycles. The van der Waals surface area contributed by atoms with Crippen molar-refractivity contribution in [3.05, 3.63) is 12.2 Å². The van der Waals surface area contributed by atoms with E-state index >= 15 is 0 Å². The number of rotatable bonds is 39. The predicted molar refractivity (Wildman–Crippen MR) is 227 cm³/mol. The quantitative estimate of drug-likeness (QED) is 0.0238. The van der Waals surface area contributed by atoms with Gasteiger partial charge in [0.25, 0.3) is 0 Å². The number of hydrogen-bond acceptors (Lipinski definition) is 9. The van der Waals surface area contributed by atoms with Gasteiger partial charge < -0.3 is 45.4 Å². The Kier molecular flexibility index (Phi) is 34.9. The zero-order valence-electron chi connectivity index (χ0n) is 36.0. The molecule has 7 N–H and O–H groups in total. The van der Waals surface area contributed by atoms with E-state index in [1.165, 1.54) is 148 Å². The summed E-state index contributed by atoms with van der Waals surface area (Å²) < 4.78 is 11.1. The van der Waals surface area contributed by atoms with E-state index in [0.717, 1.165) is 44.9 Å². The van der Waals surface area contributed by atoms with Crippen LogP contribution in [0.25, 0.3) is 0 Å². The average Bonchev–Trinajstić information content (AvgIpc) is 3.20. The van der Waals surface area contributed by atoms with Gasteiger partial charge in [0.1, 0.15) is 30.5 Å². The maximum Gasteiger partial charge on any atom is 0.249 e. The molecule has 1 heterocycles. The predicted octanol–water partition coefficient (Wildman–Crippen LogP) is 8.70. The van der Waals surface area contributed by atoms with Crippen LogP contribution in [-0.2, 0) is 14.3 Å². The van der Waals surface area contributed by atoms with Gasteiger partial charge in [-0.25, -0.2) is 0 Å². The molecule has 1 rings (SSSR count). The highest BCUT2D eigenvalue weighted by atomic mass is 16.7. The molecule has 0 aromatic rings. The van der Waals surface area contributed by atoms with Crippen LogP contribution < -0.4 is 5.32 Å². The van der Waals surface area contributed by atoms with E-state index < -0.39 is 61.5 Å². The largest absolute Gasteiger partial charge is 0.394 e. The van der Waals surface area contributed by atoms with Gasteiger partial charge >= 0.3 is 0 Å². The van der Waals surface area contributed by atoms with Crippen LogP contribution in [0.4, 0.5) is 0 Å². The molecule has 10 nitrogen and oxygen atoms in total. The highest BCUT2D eigenvalue weighted by Crippen LogP contribution is 2.23. The Morgan fingerprint density at radius 2 is 1.02 bits per heavy atom. The van der Waals surface area contributed by atoms with Crippen molar-refractivity contribution in [3.63, 3.8) is 0 Å². The lowest BCUT2D eigenvalue weighted by Gasteiger charge is -2.40. The first-order chi connectivity index (χ1) is 27.3. The van der Waals surface area contributed by atoms with E-state index in [1.54, 1.807) is 6.08 Å². The lowest BCUT2D eigenvalue weighted by molar-refractivity contribution is -0.302. The Morgan fingerprint density at radius 1 is 0.607 bits per heavy atom. The van der Waals surface area contributed by atoms with Crippen LogP contribution in [0.15, 0.2) is 12.2 Å². The normalized spacial score (nSPS) is 21.8. The van der Waals surface area contributed by atoms with Crippen molar-refractivity contribution in [1.82, 2.24) is 5.32 Å². The van der Waals surface area contributed by atoms with Crippen molar-refractivity contribution >= 4 is 5.91 Å². The molecule has 0 saturated carbocycles. The van der Waals surface area contributed by atoms with Crippen molar-refractivity contribution in [1.29, 1.82) is 0 Å². The third-order valence-corrected chi connectivity index (χ3v) is 11.5. The van der Waals surface area contributed by atoms with E-state index in [2.05, 4.69) is 19.2 Å². The Morgan fingerprint density at radius 3 is 1.45 bits per heavy atom. The van der Waals surface area contributed by atoms with E-state index in [4.69, 9.17) is 9.47 Å². The summed E-state index contributed by atoms with van der Waals surface area (Å²) in [4.78, 5) is 13.0. The van der Waals surface area contributed by atoms with Gasteiger partial charge in [-0.2, -0.15) is 0 Å². The first kappa shape index (κ1) is 52.9. The van der Waals surface area contributed by atoms with Crippen molar-refractivity contribution in [3.8, 4) is 0 Å². The van der Waals surface area contributed by atoms with Gasteiger partial charge in [-0.3, -0.25) is 4.79 Å². The zero-order valence-corrected chi connectivity index (χ0v) is 36.0. The number of allylic oxidation sites excluding steroid dienone is 1. The average molecular weight is 800 g/mol. The first-order valence-corrected chi connectivity index (χ1v) is 23.5. The van der Waals surface area contributed by atoms with E-state index in [0.29, 0.717) is 6.42 Å². The third kappa shape index (κ3) is 26.8. The van der Waals surface area contributed by atoms with Crippen molar-refractivity contribution in [2.24, 2.45) is 0 Å². The van der Waals surface area contributed by atoms with Crippen LogP contribution in [0.2, 0.25) is 0 Å². The summed E-state index contributed by atoms with van der Waals surface area (Å²) in [5.74, 6) is -0.614. The molecule has 10 heteroatoms. The van der Waals surface area contributed by atoms with Crippen LogP contribution in [-0.4, -0.2) is 98.7 Å². The van der Waals surface area contributed by atoms with Crippen LogP contribution in [0.5, 0.6) is 0 Å². The molecular formula is C46H89NO9. The number of aliphatic hydroxyl groups is 6. The van der Waals surface area contributed by atoms with Crippen LogP contribution in [0.1, 0.15) is 213 Å². The van der Waals surface area contributed by atoms with Crippen molar-refractivity contribution in [2.45, 2.75) is 262 Å². The maximum atomic E-state index is 13.0. The van der Waals surface area contributed by atoms with Crippen molar-refractivity contribution in [2.75, 3.05) is 13.2 Å². The second-order valence-corrected chi connectivity index (χ2v) is 16.7. The molecule has 332 valence electrons. The van der Waals surface area contributed by atoms with Gasteiger partial charge in [-0.05, 0) is 19.3 Å². The summed E-state index contributed by atoms with van der Waals surface area (Å²) >= 11 is 0. The standard InChI is InChI=1S/C46H89NO9/c1-3-5-7-9-11-13-15-17-19-20-21-23-24-26-28-30-32-34-39(49)38(37-55-46-44(53)43(52)42(51)41(36-48)56-46)47-45(54)40(50)35-33-31-29-27-25-22-18-16-14-12-10-8-6-4-2/h32,34,38-44,46,48-53H,3-31,33,35-37H2,1-2H3,(H,47,54)/b34-32+. The van der Waals surface area contributed by atoms with Crippen LogP contribution in [0.3, 0.4) is 0 Å². The lowest BCUT2D eigenvalue weighted by atomic mass is 9.99. The Balaban J connectivity index is 2.41. The molecule has 1 fully saturated rings. The highest BCUT2D eigenvalue weighted by Gasteiger charge is 2.44. The second kappa shape index (κ2) is 36.9. The summed E-state index contributed by atoms with van der Waals surface area (Å²) in [6.07, 6.45) is 31.5. The number of unbranched alkanes of at least 4 members (excludes halogenated alkanes) is 28. The molecule has 0 spiro atoms. The van der Waals surface area contributed by atoms with E-state index in [9.17, 15) is 35.4 Å². The fourth-order valence-corrected chi connectivity index (χ4v) is 7.57. The number of nitrogens with one attached hydrogen (secondary N) is 1. The van der Waals surface area contributed by atoms with Gasteiger partial charge in [-0.15, -0.1) is 0 Å². The molecule has 0 radical (unpaired) electrons. The van der Waals surface area contributed by atoms with E-state index in [1.807, 2.05) is 6.08 Å². The Hall–Kier alpha value is -1.11. The molecule has 1 aliphatic rings. The fraction of sp³-hybridized carbons (Fsp3) is 0.935. The van der Waals surface area contributed by atoms with Crippen LogP contribution in [0, 0.1) is 0 Å². The second-order valence-electron chi connectivity index (χ2n) is 16.7. The summed E-state index contributed by atoms with van der Waals surface area (Å²) in [6, 6.07) is -0.974. The number of carbonyl (C=O) groups is 1. The monoisotopic (exact) mass is 800 g/mol. The molecule has 0 aliphatic carbocycles. The van der Waals surface area contributed by atoms with Gasteiger partial charge in [-0.1, -0.05) is 206 Å². The molecular weight excluding hydrogens is 711 g/mol. The zero-order chi connectivity index (χ0) is 41.1. The maximum absolute atomic E-state index is 13.0. The molecule has 8 unspecified atom stereocenters. The molecule has 8 atom stereocenters. The minimum Gasteiger partial charge on any atom is -0.394 e. The topological polar surface area (TPSA) is 169 Å². The first-order valence-electron chi connectivity index (χ1n) is 23.5. The van der Waals surface area contributed by atoms with Crippen molar-refractivity contribution < 1.29 is 44.9 Å². The highest BCUT2D eigenvalue weighted by molar-refractivity contribution is 5.80. The molecule has 56 heavy (non-hydrogen) atoms. The number of aliphatic hydroxyl groups excluding tert-OH is 6. The number of ether oxygens (including phenoxy) is 2. The Labute approximate surface area is 342 Å². The molecule has 0 aromatic carbocycles. The summed E-state index contributed by atoms with van der Waals surface area (Å²) in [5.41, 5.74) is 0. The minimum atomic E-state index is -1.61. The smallest absolute Gasteiger partial charge is 0.249 e. The van der Waals surface area contributed by atoms with Gasteiger partial charge in [0.2, 0.25) is 5.91 Å². The Bertz CT molecular complexity index is 906. The number of amides is 1. The minimum absolute atomic E-state index is 0.301. The van der Waals surface area contributed by atoms with Crippen LogP contribution >= 0.6 is 0 Å². The fourth-order valence-electron chi connectivity index (χ4n) is 7.57. The SMILES string of the molecule is CCCCCCCCCCCCCCCCC/C=C/C(O)C(COC1OC(CO)C(O)C(O)C1O)NC(=O)C(O)CCCCCCCCCCCCCCCC. The number of carbonyl (C=O) groups excluding carboxylic acids is 1. The van der Waals surface area contributed by atoms with Gasteiger partial charge in [0.15, 0.2) is 6.29 Å². The third-order valence-electron chi connectivity index (χ3n) is 11.5. The molecule has 0 aromatic heterocycles. The van der Waals surface area contributed by atoms with Gasteiger partial charge in [0, 0.05) is 0 Å². The van der Waals surface area contributed by atoms with Gasteiger partial charge in [0.05, 0.1) is 25.4 Å². The molecule has 1 amide bonds.